The molecule has 0 saturated heterocycles. The maximum absolute atomic E-state index is 11.8. The summed E-state index contributed by atoms with van der Waals surface area (Å²) in [4.78, 5) is 45.1. The largest absolute Gasteiger partial charge is 0.493 e. The lowest BCUT2D eigenvalue weighted by molar-refractivity contribution is -0.151. The third-order valence-corrected chi connectivity index (χ3v) is 4.36. The molecule has 0 aliphatic rings. The smallest absolute Gasteiger partial charge is 0.330 e. The lowest BCUT2D eigenvalue weighted by Crippen LogP contribution is -2.17. The molecule has 31 heavy (non-hydrogen) atoms. The van der Waals surface area contributed by atoms with Crippen LogP contribution in [0, 0.1) is 5.92 Å². The first kappa shape index (κ1) is 25.9. The SMILES string of the molecule is C=CC(=O)OCCC(CC)COC(=O)CCC(=O)OCCCOc1ccc(C=O)cc1. The minimum absolute atomic E-state index is 0.0550. The Kier molecular flexibility index (Phi) is 13.1. The van der Waals surface area contributed by atoms with E-state index in [1.54, 1.807) is 24.3 Å². The molecule has 0 bridgehead atoms. The van der Waals surface area contributed by atoms with E-state index < -0.39 is 17.9 Å². The van der Waals surface area contributed by atoms with Gasteiger partial charge in [0.15, 0.2) is 0 Å². The fourth-order valence-corrected chi connectivity index (χ4v) is 2.43. The molecule has 1 aromatic rings. The fraction of sp³-hybridized carbons (Fsp3) is 0.478. The molecular formula is C23H30O8. The lowest BCUT2D eigenvalue weighted by Gasteiger charge is -2.14. The molecule has 1 aromatic carbocycles. The summed E-state index contributed by atoms with van der Waals surface area (Å²) in [6.07, 6.45) is 3.59. The van der Waals surface area contributed by atoms with E-state index in [-0.39, 0.29) is 38.6 Å². The molecular weight excluding hydrogens is 404 g/mol. The quantitative estimate of drug-likeness (QED) is 0.128. The van der Waals surface area contributed by atoms with Crippen molar-refractivity contribution in [3.05, 3.63) is 42.5 Å². The molecule has 0 aliphatic carbocycles. The van der Waals surface area contributed by atoms with Crippen LogP contribution in [0.15, 0.2) is 36.9 Å². The van der Waals surface area contributed by atoms with Gasteiger partial charge in [0.25, 0.3) is 0 Å². The van der Waals surface area contributed by atoms with Crippen LogP contribution >= 0.6 is 0 Å². The number of hydrogen-bond acceptors (Lipinski definition) is 8. The first-order valence-corrected chi connectivity index (χ1v) is 10.3. The van der Waals surface area contributed by atoms with Crippen molar-refractivity contribution in [2.45, 2.75) is 39.0 Å². The zero-order valence-corrected chi connectivity index (χ0v) is 17.9. The van der Waals surface area contributed by atoms with Gasteiger partial charge < -0.3 is 18.9 Å². The number of rotatable bonds is 16. The van der Waals surface area contributed by atoms with E-state index in [9.17, 15) is 19.2 Å². The minimum Gasteiger partial charge on any atom is -0.493 e. The molecule has 8 nitrogen and oxygen atoms in total. The van der Waals surface area contributed by atoms with E-state index in [0.717, 1.165) is 18.8 Å². The Morgan fingerprint density at radius 1 is 0.968 bits per heavy atom. The zero-order valence-electron chi connectivity index (χ0n) is 17.9. The zero-order chi connectivity index (χ0) is 22.9. The molecule has 0 N–H and O–H groups in total. The van der Waals surface area contributed by atoms with Gasteiger partial charge in [-0.25, -0.2) is 4.79 Å². The molecule has 0 spiro atoms. The Balaban J connectivity index is 2.09. The van der Waals surface area contributed by atoms with Crippen molar-refractivity contribution < 1.29 is 38.1 Å². The van der Waals surface area contributed by atoms with Gasteiger partial charge in [-0.05, 0) is 43.0 Å². The molecule has 1 unspecified atom stereocenters. The Bertz CT molecular complexity index is 711. The van der Waals surface area contributed by atoms with E-state index in [4.69, 9.17) is 18.9 Å². The summed E-state index contributed by atoms with van der Waals surface area (Å²) >= 11 is 0. The van der Waals surface area contributed by atoms with Crippen LogP contribution in [0.3, 0.4) is 0 Å². The molecule has 0 saturated carbocycles. The van der Waals surface area contributed by atoms with Crippen molar-refractivity contribution >= 4 is 24.2 Å². The van der Waals surface area contributed by atoms with Crippen molar-refractivity contribution in [1.82, 2.24) is 0 Å². The number of ether oxygens (including phenoxy) is 4. The lowest BCUT2D eigenvalue weighted by atomic mass is 10.0. The first-order valence-electron chi connectivity index (χ1n) is 10.3. The molecule has 0 fully saturated rings. The van der Waals surface area contributed by atoms with Crippen LogP contribution in [0.25, 0.3) is 0 Å². The van der Waals surface area contributed by atoms with Crippen LogP contribution in [0.5, 0.6) is 5.75 Å². The molecule has 1 rings (SSSR count). The summed E-state index contributed by atoms with van der Waals surface area (Å²) in [6.45, 7) is 6.26. The van der Waals surface area contributed by atoms with E-state index >= 15 is 0 Å². The predicted octanol–water partition coefficient (Wildman–Crippen LogP) is 3.28. The Labute approximate surface area is 182 Å². The molecule has 0 heterocycles. The van der Waals surface area contributed by atoms with E-state index in [1.807, 2.05) is 6.92 Å². The van der Waals surface area contributed by atoms with Crippen LogP contribution < -0.4 is 4.74 Å². The number of aldehydes is 1. The standard InChI is InChI=1S/C23H30O8/c1-3-18(12-15-30-21(25)4-2)17-31-23(27)11-10-22(26)29-14-5-13-28-20-8-6-19(16-24)7-9-20/h4,6-9,16,18H,2-3,5,10-15,17H2,1H3. The number of carbonyl (C=O) groups excluding carboxylic acids is 4. The number of carbonyl (C=O) groups is 4. The van der Waals surface area contributed by atoms with Crippen LogP contribution in [0.2, 0.25) is 0 Å². The summed E-state index contributed by atoms with van der Waals surface area (Å²) < 4.78 is 20.7. The molecule has 170 valence electrons. The third kappa shape index (κ3) is 12.2. The van der Waals surface area contributed by atoms with E-state index in [2.05, 4.69) is 6.58 Å². The second-order valence-corrected chi connectivity index (χ2v) is 6.73. The average molecular weight is 434 g/mol. The molecule has 8 heteroatoms. The molecule has 1 atom stereocenters. The van der Waals surface area contributed by atoms with Crippen LogP contribution in [-0.2, 0) is 28.6 Å². The second kappa shape index (κ2) is 15.6. The summed E-state index contributed by atoms with van der Waals surface area (Å²) in [5.41, 5.74) is 0.569. The van der Waals surface area contributed by atoms with Crippen LogP contribution in [0.4, 0.5) is 0 Å². The fourth-order valence-electron chi connectivity index (χ4n) is 2.43. The van der Waals surface area contributed by atoms with Gasteiger partial charge in [-0.3, -0.25) is 14.4 Å². The minimum atomic E-state index is -0.481. The van der Waals surface area contributed by atoms with Crippen molar-refractivity contribution in [2.24, 2.45) is 5.92 Å². The summed E-state index contributed by atoms with van der Waals surface area (Å²) in [7, 11) is 0. The Hall–Kier alpha value is -3.16. The maximum atomic E-state index is 11.8. The van der Waals surface area contributed by atoms with Crippen molar-refractivity contribution in [3.63, 3.8) is 0 Å². The number of esters is 3. The topological polar surface area (TPSA) is 105 Å². The third-order valence-electron chi connectivity index (χ3n) is 4.36. The highest BCUT2D eigenvalue weighted by Crippen LogP contribution is 2.12. The molecule has 0 aliphatic heterocycles. The summed E-state index contributed by atoms with van der Waals surface area (Å²) in [5, 5.41) is 0. The van der Waals surface area contributed by atoms with Crippen molar-refractivity contribution in [3.8, 4) is 5.75 Å². The van der Waals surface area contributed by atoms with Gasteiger partial charge in [0.05, 0.1) is 39.3 Å². The van der Waals surface area contributed by atoms with Crippen LogP contribution in [0.1, 0.15) is 49.4 Å². The highest BCUT2D eigenvalue weighted by atomic mass is 16.5. The van der Waals surface area contributed by atoms with Gasteiger partial charge in [-0.2, -0.15) is 0 Å². The monoisotopic (exact) mass is 434 g/mol. The van der Waals surface area contributed by atoms with E-state index in [1.165, 1.54) is 0 Å². The van der Waals surface area contributed by atoms with E-state index in [0.29, 0.717) is 30.8 Å². The molecule has 0 amide bonds. The normalized spacial score (nSPS) is 11.1. The highest BCUT2D eigenvalue weighted by molar-refractivity contribution is 5.81. The Morgan fingerprint density at radius 3 is 2.26 bits per heavy atom. The Morgan fingerprint density at radius 2 is 1.65 bits per heavy atom. The maximum Gasteiger partial charge on any atom is 0.330 e. The van der Waals surface area contributed by atoms with Crippen molar-refractivity contribution in [2.75, 3.05) is 26.4 Å². The molecule has 0 radical (unpaired) electrons. The second-order valence-electron chi connectivity index (χ2n) is 6.73. The number of hydrogen-bond donors (Lipinski definition) is 0. The van der Waals surface area contributed by atoms with Gasteiger partial charge in [-0.1, -0.05) is 13.5 Å². The van der Waals surface area contributed by atoms with Crippen molar-refractivity contribution in [1.29, 1.82) is 0 Å². The summed E-state index contributed by atoms with van der Waals surface area (Å²) in [6, 6.07) is 6.69. The van der Waals surface area contributed by atoms with Gasteiger partial charge in [-0.15, -0.1) is 0 Å². The molecule has 0 aromatic heterocycles. The first-order chi connectivity index (χ1) is 15.0. The predicted molar refractivity (Wildman–Crippen MR) is 113 cm³/mol. The number of benzene rings is 1. The van der Waals surface area contributed by atoms with Gasteiger partial charge in [0, 0.05) is 18.1 Å². The highest BCUT2D eigenvalue weighted by Gasteiger charge is 2.13. The average Bonchev–Trinajstić information content (AvgIpc) is 2.79. The van der Waals surface area contributed by atoms with Gasteiger partial charge >= 0.3 is 17.9 Å². The van der Waals surface area contributed by atoms with Gasteiger partial charge in [0.1, 0.15) is 12.0 Å². The van der Waals surface area contributed by atoms with Crippen LogP contribution in [-0.4, -0.2) is 50.6 Å². The van der Waals surface area contributed by atoms with Gasteiger partial charge in [0.2, 0.25) is 0 Å². The summed E-state index contributed by atoms with van der Waals surface area (Å²) in [5.74, 6) is -0.728.